The number of aromatic nitrogens is 5. The number of hydrogen-bond donors (Lipinski definition) is 2. The van der Waals surface area contributed by atoms with Crippen LogP contribution in [0.15, 0.2) is 59.9 Å². The van der Waals surface area contributed by atoms with Crippen LogP contribution in [0, 0.1) is 12.7 Å². The molecule has 1 atom stereocenters. The average molecular weight is 463 g/mol. The minimum Gasteiger partial charge on any atom is -0.360 e. The van der Waals surface area contributed by atoms with Gasteiger partial charge >= 0.3 is 0 Å². The van der Waals surface area contributed by atoms with Crippen molar-refractivity contribution in [3.8, 4) is 5.69 Å². The number of nitrogens with zero attached hydrogens (tertiary/aromatic N) is 4. The molecule has 0 saturated heterocycles. The zero-order chi connectivity index (χ0) is 23.1. The SMILES string of the molecule is CCC(Nc1ncnc2nc[nH]c12)c1cc2cccc(F)c2c(=O)n1-c1cc(C)cc(Cl)c1. The topological polar surface area (TPSA) is 88.5 Å². The monoisotopic (exact) mass is 462 g/mol. The van der Waals surface area contributed by atoms with Crippen molar-refractivity contribution < 1.29 is 4.39 Å². The van der Waals surface area contributed by atoms with Crippen LogP contribution in [-0.2, 0) is 0 Å². The summed E-state index contributed by atoms with van der Waals surface area (Å²) in [6, 6.07) is 11.5. The highest BCUT2D eigenvalue weighted by Crippen LogP contribution is 2.29. The third kappa shape index (κ3) is 3.72. The van der Waals surface area contributed by atoms with Crippen molar-refractivity contribution in [2.24, 2.45) is 0 Å². The Kier molecular flexibility index (Phi) is 5.30. The number of rotatable bonds is 5. The van der Waals surface area contributed by atoms with Crippen LogP contribution < -0.4 is 10.9 Å². The smallest absolute Gasteiger partial charge is 0.266 e. The molecule has 3 aromatic heterocycles. The van der Waals surface area contributed by atoms with E-state index in [1.54, 1.807) is 24.5 Å². The van der Waals surface area contributed by atoms with Gasteiger partial charge in [-0.15, -0.1) is 0 Å². The standard InChI is InChI=1S/C24H20ClFN6O/c1-3-18(31-23-21-22(28-11-27-21)29-12-30-23)19-9-14-5-4-6-17(26)20(14)24(33)32(19)16-8-13(2)7-15(25)10-16/h4-12,18H,3H2,1-2H3,(H2,27,28,29,30,31). The third-order valence-electron chi connectivity index (χ3n) is 5.61. The quantitative estimate of drug-likeness (QED) is 0.369. The van der Waals surface area contributed by atoms with E-state index in [0.717, 1.165) is 5.56 Å². The van der Waals surface area contributed by atoms with Crippen molar-refractivity contribution in [3.63, 3.8) is 0 Å². The van der Waals surface area contributed by atoms with E-state index in [0.29, 0.717) is 45.2 Å². The van der Waals surface area contributed by atoms with Crippen LogP contribution in [0.25, 0.3) is 27.6 Å². The Hall–Kier alpha value is -3.78. The number of imidazole rings is 1. The second-order valence-corrected chi connectivity index (χ2v) is 8.27. The molecule has 0 saturated carbocycles. The lowest BCUT2D eigenvalue weighted by Gasteiger charge is -2.24. The van der Waals surface area contributed by atoms with Gasteiger partial charge in [0.2, 0.25) is 0 Å². The molecule has 0 amide bonds. The summed E-state index contributed by atoms with van der Waals surface area (Å²) >= 11 is 6.32. The van der Waals surface area contributed by atoms with Crippen LogP contribution in [-0.4, -0.2) is 24.5 Å². The van der Waals surface area contributed by atoms with Gasteiger partial charge in [-0.1, -0.05) is 30.7 Å². The van der Waals surface area contributed by atoms with Crippen molar-refractivity contribution in [2.45, 2.75) is 26.3 Å². The fourth-order valence-electron chi connectivity index (χ4n) is 4.13. The summed E-state index contributed by atoms with van der Waals surface area (Å²) in [6.45, 7) is 3.89. The van der Waals surface area contributed by atoms with Gasteiger partial charge in [0.1, 0.15) is 17.7 Å². The molecule has 5 rings (SSSR count). The maximum absolute atomic E-state index is 14.7. The number of benzene rings is 2. The van der Waals surface area contributed by atoms with Crippen molar-refractivity contribution in [2.75, 3.05) is 5.32 Å². The second-order valence-electron chi connectivity index (χ2n) is 7.83. The Balaban J connectivity index is 1.76. The van der Waals surface area contributed by atoms with Crippen LogP contribution >= 0.6 is 11.6 Å². The first-order valence-electron chi connectivity index (χ1n) is 10.5. The average Bonchev–Trinajstić information content (AvgIpc) is 3.26. The highest BCUT2D eigenvalue weighted by atomic mass is 35.5. The highest BCUT2D eigenvalue weighted by Gasteiger charge is 2.21. The van der Waals surface area contributed by atoms with Gasteiger partial charge in [-0.05, 0) is 54.6 Å². The number of aromatic amines is 1. The molecule has 0 spiro atoms. The fraction of sp³-hybridized carbons (Fsp3) is 0.167. The molecule has 0 fully saturated rings. The molecule has 0 aliphatic rings. The Morgan fingerprint density at radius 1 is 1.18 bits per heavy atom. The van der Waals surface area contributed by atoms with Gasteiger partial charge in [-0.3, -0.25) is 9.36 Å². The third-order valence-corrected chi connectivity index (χ3v) is 5.83. The summed E-state index contributed by atoms with van der Waals surface area (Å²) in [5.74, 6) is -0.00232. The highest BCUT2D eigenvalue weighted by molar-refractivity contribution is 6.30. The predicted molar refractivity (Wildman–Crippen MR) is 128 cm³/mol. The molecule has 0 aliphatic carbocycles. The van der Waals surface area contributed by atoms with Gasteiger partial charge in [0.05, 0.1) is 23.4 Å². The zero-order valence-electron chi connectivity index (χ0n) is 17.9. The van der Waals surface area contributed by atoms with Gasteiger partial charge in [-0.25, -0.2) is 19.3 Å². The van der Waals surface area contributed by atoms with Gasteiger partial charge in [0, 0.05) is 10.7 Å². The number of halogens is 2. The Morgan fingerprint density at radius 2 is 2.03 bits per heavy atom. The number of aryl methyl sites for hydroxylation is 1. The molecule has 2 aromatic carbocycles. The van der Waals surface area contributed by atoms with Crippen LogP contribution in [0.5, 0.6) is 0 Å². The van der Waals surface area contributed by atoms with Crippen LogP contribution in [0.2, 0.25) is 5.02 Å². The summed E-state index contributed by atoms with van der Waals surface area (Å²) in [5, 5.41) is 4.47. The summed E-state index contributed by atoms with van der Waals surface area (Å²) in [4.78, 5) is 29.4. The van der Waals surface area contributed by atoms with E-state index < -0.39 is 11.4 Å². The first-order valence-corrected chi connectivity index (χ1v) is 10.9. The van der Waals surface area contributed by atoms with E-state index in [1.807, 2.05) is 32.0 Å². The number of anilines is 1. The molecule has 0 bridgehead atoms. The normalized spacial score (nSPS) is 12.4. The van der Waals surface area contributed by atoms with Crippen LogP contribution in [0.1, 0.15) is 30.6 Å². The molecule has 5 aromatic rings. The Labute approximate surface area is 193 Å². The van der Waals surface area contributed by atoms with Gasteiger partial charge in [0.15, 0.2) is 11.5 Å². The van der Waals surface area contributed by atoms with E-state index >= 15 is 0 Å². The predicted octanol–water partition coefficient (Wildman–Crippen LogP) is 5.32. The molecule has 9 heteroatoms. The number of fused-ring (bicyclic) bond motifs is 2. The van der Waals surface area contributed by atoms with Crippen molar-refractivity contribution in [1.82, 2.24) is 24.5 Å². The number of H-pyrrole nitrogens is 1. The first-order chi connectivity index (χ1) is 16.0. The minimum absolute atomic E-state index is 0.0340. The molecular weight excluding hydrogens is 443 g/mol. The zero-order valence-corrected chi connectivity index (χ0v) is 18.7. The van der Waals surface area contributed by atoms with Crippen molar-refractivity contribution in [1.29, 1.82) is 0 Å². The lowest BCUT2D eigenvalue weighted by Crippen LogP contribution is -2.27. The largest absolute Gasteiger partial charge is 0.360 e. The van der Waals surface area contributed by atoms with E-state index in [1.165, 1.54) is 17.0 Å². The molecular formula is C24H20ClFN6O. The Morgan fingerprint density at radius 3 is 2.82 bits per heavy atom. The number of hydrogen-bond acceptors (Lipinski definition) is 5. The van der Waals surface area contributed by atoms with E-state index in [9.17, 15) is 9.18 Å². The summed E-state index contributed by atoms with van der Waals surface area (Å²) in [6.07, 6.45) is 3.61. The van der Waals surface area contributed by atoms with Crippen LogP contribution in [0.3, 0.4) is 0 Å². The molecule has 0 aliphatic heterocycles. The molecule has 1 unspecified atom stereocenters. The second kappa shape index (κ2) is 8.29. The molecule has 7 nitrogen and oxygen atoms in total. The van der Waals surface area contributed by atoms with E-state index in [2.05, 4.69) is 25.3 Å². The lowest BCUT2D eigenvalue weighted by atomic mass is 10.0. The van der Waals surface area contributed by atoms with Gasteiger partial charge in [0.25, 0.3) is 5.56 Å². The van der Waals surface area contributed by atoms with Gasteiger partial charge in [-0.2, -0.15) is 0 Å². The van der Waals surface area contributed by atoms with Crippen LogP contribution in [0.4, 0.5) is 10.2 Å². The number of nitrogens with one attached hydrogen (secondary N) is 2. The summed E-state index contributed by atoms with van der Waals surface area (Å²) in [5.41, 5.74) is 2.87. The molecule has 0 radical (unpaired) electrons. The Bertz CT molecular complexity index is 1540. The number of pyridine rings is 1. The molecule has 2 N–H and O–H groups in total. The first kappa shape index (κ1) is 21.1. The maximum Gasteiger partial charge on any atom is 0.266 e. The van der Waals surface area contributed by atoms with E-state index in [4.69, 9.17) is 11.6 Å². The maximum atomic E-state index is 14.7. The van der Waals surface area contributed by atoms with Gasteiger partial charge < -0.3 is 10.3 Å². The fourth-order valence-corrected chi connectivity index (χ4v) is 4.42. The summed E-state index contributed by atoms with van der Waals surface area (Å²) < 4.78 is 16.2. The minimum atomic E-state index is -0.562. The molecule has 166 valence electrons. The van der Waals surface area contributed by atoms with Crippen molar-refractivity contribution >= 4 is 39.4 Å². The molecule has 33 heavy (non-hydrogen) atoms. The molecule has 3 heterocycles. The van der Waals surface area contributed by atoms with Crippen molar-refractivity contribution in [3.05, 3.63) is 87.6 Å². The summed E-state index contributed by atoms with van der Waals surface area (Å²) in [7, 11) is 0. The van der Waals surface area contributed by atoms with E-state index in [-0.39, 0.29) is 11.4 Å². The lowest BCUT2D eigenvalue weighted by molar-refractivity contribution is 0.635.